The molecule has 5 rings (SSSR count). The first-order valence-corrected chi connectivity index (χ1v) is 12.8. The van der Waals surface area contributed by atoms with Crippen molar-refractivity contribution >= 4 is 17.8 Å². The molecule has 1 aliphatic carbocycles. The minimum absolute atomic E-state index is 0.152. The van der Waals surface area contributed by atoms with Crippen molar-refractivity contribution in [2.24, 2.45) is 29.0 Å². The molecule has 2 aromatic rings. The molecule has 0 bridgehead atoms. The van der Waals surface area contributed by atoms with Crippen LogP contribution in [0.2, 0.25) is 0 Å². The predicted octanol–water partition coefficient (Wildman–Crippen LogP) is -1.03. The van der Waals surface area contributed by atoms with Crippen LogP contribution in [0.15, 0.2) is 41.3 Å². The van der Waals surface area contributed by atoms with Gasteiger partial charge in [-0.25, -0.2) is 9.59 Å². The number of nitrogens with two attached hydrogens (primary N) is 3. The van der Waals surface area contributed by atoms with E-state index < -0.39 is 11.7 Å². The van der Waals surface area contributed by atoms with E-state index in [1.54, 1.807) is 22.1 Å². The highest BCUT2D eigenvalue weighted by atomic mass is 16.2. The summed E-state index contributed by atoms with van der Waals surface area (Å²) in [7, 11) is 0. The molecule has 3 amide bonds. The van der Waals surface area contributed by atoms with E-state index in [0.29, 0.717) is 62.7 Å². The van der Waals surface area contributed by atoms with Crippen molar-refractivity contribution < 1.29 is 9.59 Å². The Morgan fingerprint density at radius 2 is 1.68 bits per heavy atom. The van der Waals surface area contributed by atoms with Crippen LogP contribution in [0.25, 0.3) is 5.69 Å². The molecule has 3 heterocycles. The van der Waals surface area contributed by atoms with Crippen LogP contribution < -0.4 is 28.2 Å². The number of nitrogens with zero attached hydrogens (tertiary/aromatic N) is 5. The summed E-state index contributed by atoms with van der Waals surface area (Å²) in [5.74, 6) is 1.34. The number of likely N-dealkylation sites (tertiary alicyclic amines) is 1. The zero-order valence-electron chi connectivity index (χ0n) is 20.8. The number of piperazine rings is 1. The summed E-state index contributed by atoms with van der Waals surface area (Å²) in [6.45, 7) is 4.85. The van der Waals surface area contributed by atoms with E-state index >= 15 is 0 Å². The Morgan fingerprint density at radius 1 is 1.03 bits per heavy atom. The summed E-state index contributed by atoms with van der Waals surface area (Å²) >= 11 is 0. The molecule has 12 nitrogen and oxygen atoms in total. The Kier molecular flexibility index (Phi) is 7.24. The maximum atomic E-state index is 12.7. The van der Waals surface area contributed by atoms with Crippen molar-refractivity contribution in [1.29, 1.82) is 0 Å². The monoisotopic (exact) mass is 509 g/mol. The Balaban J connectivity index is 1.13. The maximum absolute atomic E-state index is 12.7. The second-order valence-corrected chi connectivity index (χ2v) is 10.2. The number of rotatable bonds is 7. The van der Waals surface area contributed by atoms with Crippen molar-refractivity contribution in [3.8, 4) is 5.69 Å². The number of benzene rings is 1. The van der Waals surface area contributed by atoms with Gasteiger partial charge in [-0.2, -0.15) is 4.98 Å². The number of urea groups is 1. The minimum atomic E-state index is -0.618. The van der Waals surface area contributed by atoms with Crippen LogP contribution in [0.1, 0.15) is 12.0 Å². The number of piperidine rings is 1. The predicted molar refractivity (Wildman–Crippen MR) is 139 cm³/mol. The van der Waals surface area contributed by atoms with E-state index in [1.807, 2.05) is 24.3 Å². The molecule has 12 heteroatoms. The molecule has 1 saturated carbocycles. The first-order chi connectivity index (χ1) is 17.8. The molecule has 1 aromatic carbocycles. The summed E-state index contributed by atoms with van der Waals surface area (Å²) < 4.78 is 1.44. The third kappa shape index (κ3) is 5.52. The fraction of sp³-hybridized carbons (Fsp3) is 0.520. The number of aromatic nitrogens is 2. The van der Waals surface area contributed by atoms with Crippen LogP contribution >= 0.6 is 0 Å². The highest BCUT2D eigenvalue weighted by molar-refractivity contribution is 5.88. The molecule has 2 unspecified atom stereocenters. The average Bonchev–Trinajstić information content (AvgIpc) is 3.28. The summed E-state index contributed by atoms with van der Waals surface area (Å²) in [6, 6.07) is 8.85. The largest absolute Gasteiger partial charge is 0.354 e. The molecule has 7 N–H and O–H groups in total. The van der Waals surface area contributed by atoms with Gasteiger partial charge in [0, 0.05) is 58.1 Å². The molecule has 2 aliphatic heterocycles. The third-order valence-electron chi connectivity index (χ3n) is 7.67. The van der Waals surface area contributed by atoms with E-state index in [2.05, 4.69) is 15.2 Å². The lowest BCUT2D eigenvalue weighted by Crippen LogP contribution is -2.55. The molecule has 37 heavy (non-hydrogen) atoms. The summed E-state index contributed by atoms with van der Waals surface area (Å²) in [5.41, 5.74) is 18.8. The molecular formula is C25H35N9O3. The van der Waals surface area contributed by atoms with Crippen LogP contribution in [0.5, 0.6) is 0 Å². The Labute approximate surface area is 215 Å². The van der Waals surface area contributed by atoms with Gasteiger partial charge < -0.3 is 27.0 Å². The van der Waals surface area contributed by atoms with Gasteiger partial charge >= 0.3 is 11.7 Å². The van der Waals surface area contributed by atoms with Crippen molar-refractivity contribution in [2.75, 3.05) is 51.1 Å². The average molecular weight is 510 g/mol. The fourth-order valence-electron chi connectivity index (χ4n) is 5.33. The van der Waals surface area contributed by atoms with E-state index in [4.69, 9.17) is 17.2 Å². The molecule has 3 fully saturated rings. The van der Waals surface area contributed by atoms with Crippen molar-refractivity contribution in [3.63, 3.8) is 0 Å². The zero-order chi connectivity index (χ0) is 26.1. The fourth-order valence-corrected chi connectivity index (χ4v) is 5.33. The van der Waals surface area contributed by atoms with Crippen molar-refractivity contribution in [1.82, 2.24) is 24.3 Å². The van der Waals surface area contributed by atoms with Crippen LogP contribution in [-0.4, -0.2) is 94.1 Å². The highest BCUT2D eigenvalue weighted by Gasteiger charge is 2.53. The summed E-state index contributed by atoms with van der Waals surface area (Å²) in [5, 5.41) is 2.68. The lowest BCUT2D eigenvalue weighted by molar-refractivity contribution is -0.134. The van der Waals surface area contributed by atoms with Crippen LogP contribution in [0, 0.1) is 11.8 Å². The van der Waals surface area contributed by atoms with Crippen LogP contribution in [-0.2, 0) is 11.3 Å². The number of nitrogens with one attached hydrogen (secondary N) is 1. The number of hydrogen-bond donors (Lipinski definition) is 4. The Morgan fingerprint density at radius 3 is 2.30 bits per heavy atom. The second kappa shape index (κ2) is 10.6. The summed E-state index contributed by atoms with van der Waals surface area (Å²) in [6.07, 6.45) is 2.03. The van der Waals surface area contributed by atoms with Gasteiger partial charge in [-0.15, -0.1) is 0 Å². The second-order valence-electron chi connectivity index (χ2n) is 10.2. The number of amides is 3. The molecule has 3 atom stereocenters. The summed E-state index contributed by atoms with van der Waals surface area (Å²) in [4.78, 5) is 47.4. The quantitative estimate of drug-likeness (QED) is 0.367. The van der Waals surface area contributed by atoms with Gasteiger partial charge in [-0.3, -0.25) is 19.6 Å². The van der Waals surface area contributed by atoms with Crippen molar-refractivity contribution in [3.05, 3.63) is 52.6 Å². The molecule has 0 spiro atoms. The first-order valence-electron chi connectivity index (χ1n) is 12.8. The van der Waals surface area contributed by atoms with Gasteiger partial charge in [0.1, 0.15) is 5.82 Å². The molecular weight excluding hydrogens is 474 g/mol. The van der Waals surface area contributed by atoms with E-state index in [9.17, 15) is 14.4 Å². The van der Waals surface area contributed by atoms with Crippen LogP contribution in [0.4, 0.5) is 10.6 Å². The number of carbonyl (C=O) groups excluding carboxylic acids is 2. The molecule has 1 aromatic heterocycles. The van der Waals surface area contributed by atoms with Crippen molar-refractivity contribution in [2.45, 2.75) is 25.0 Å². The van der Waals surface area contributed by atoms with Gasteiger partial charge in [0.05, 0.1) is 11.7 Å². The third-order valence-corrected chi connectivity index (χ3v) is 7.67. The normalized spacial score (nSPS) is 24.0. The van der Waals surface area contributed by atoms with Gasteiger partial charge in [-0.05, 0) is 48.6 Å². The molecule has 3 aliphatic rings. The van der Waals surface area contributed by atoms with E-state index in [-0.39, 0.29) is 17.8 Å². The maximum Gasteiger partial charge on any atom is 0.354 e. The number of fused-ring (bicyclic) bond motifs is 1. The molecule has 198 valence electrons. The first kappa shape index (κ1) is 25.3. The van der Waals surface area contributed by atoms with Gasteiger partial charge in [0.2, 0.25) is 5.91 Å². The molecule has 0 radical (unpaired) electrons. The van der Waals surface area contributed by atoms with Gasteiger partial charge in [-0.1, -0.05) is 12.1 Å². The number of anilines is 1. The van der Waals surface area contributed by atoms with Gasteiger partial charge in [0.25, 0.3) is 0 Å². The Hall–Kier alpha value is -3.32. The van der Waals surface area contributed by atoms with Crippen LogP contribution in [0.3, 0.4) is 0 Å². The van der Waals surface area contributed by atoms with E-state index in [0.717, 1.165) is 19.6 Å². The SMILES string of the molecule is NCC[C@H](N)C(=O)N1CCN(C(=O)Nc2ccn(-c3ccc(CN4CC5C(N)C5C4)cc3)c(=O)n2)CC1. The minimum Gasteiger partial charge on any atom is -0.338 e. The van der Waals surface area contributed by atoms with Gasteiger partial charge in [0.15, 0.2) is 0 Å². The lowest BCUT2D eigenvalue weighted by Gasteiger charge is -2.35. The standard InChI is InChI=1S/C25H35N9O3/c26-7-5-20(27)23(35)32-9-11-33(12-10-32)24(36)29-21-6-8-34(25(37)30-21)17-3-1-16(2-4-17)13-31-14-18-19(15-31)22(18)28/h1-4,6,8,18-20,22H,5,7,9-15,26-28H2,(H,29,30,36,37)/t18?,19?,20-,22?/m0/s1. The lowest BCUT2D eigenvalue weighted by atomic mass is 10.2. The zero-order valence-corrected chi connectivity index (χ0v) is 20.8. The Bertz CT molecular complexity index is 1180. The van der Waals surface area contributed by atoms with E-state index in [1.165, 1.54) is 10.1 Å². The molecule has 2 saturated heterocycles. The highest BCUT2D eigenvalue weighted by Crippen LogP contribution is 2.44. The topological polar surface area (TPSA) is 169 Å². The number of carbonyl (C=O) groups is 2. The number of hydrogen-bond acceptors (Lipinski definition) is 8. The smallest absolute Gasteiger partial charge is 0.338 e.